The highest BCUT2D eigenvalue weighted by atomic mass is 32.2. The number of amidine groups is 1. The Morgan fingerprint density at radius 2 is 1.72 bits per heavy atom. The summed E-state index contributed by atoms with van der Waals surface area (Å²) in [5, 5.41) is 7.85. The molecule has 1 aliphatic heterocycles. The Morgan fingerprint density at radius 1 is 1.00 bits per heavy atom. The summed E-state index contributed by atoms with van der Waals surface area (Å²) in [5.74, 6) is 1.66. The van der Waals surface area contributed by atoms with Crippen LogP contribution < -0.4 is 4.72 Å². The minimum atomic E-state index is -4.12. The van der Waals surface area contributed by atoms with Gasteiger partial charge in [0.2, 0.25) is 0 Å². The lowest BCUT2D eigenvalue weighted by molar-refractivity contribution is -0.131. The minimum absolute atomic E-state index is 0.0423. The van der Waals surface area contributed by atoms with Gasteiger partial charge in [-0.2, -0.15) is 0 Å². The van der Waals surface area contributed by atoms with Crippen LogP contribution in [0.5, 0.6) is 0 Å². The molecule has 0 unspecified atom stereocenters. The molecule has 13 heteroatoms. The fourth-order valence-electron chi connectivity index (χ4n) is 6.94. The van der Waals surface area contributed by atoms with Crippen molar-refractivity contribution in [2.75, 3.05) is 11.8 Å². The topological polar surface area (TPSA) is 151 Å². The summed E-state index contributed by atoms with van der Waals surface area (Å²) in [7, 11) is -2.43. The van der Waals surface area contributed by atoms with Crippen LogP contribution in [0.15, 0.2) is 61.4 Å². The largest absolute Gasteiger partial charge is 0.361 e. The van der Waals surface area contributed by atoms with Crippen molar-refractivity contribution >= 4 is 33.5 Å². The Hall–Kier alpha value is -4.78. The summed E-state index contributed by atoms with van der Waals surface area (Å²) in [6, 6.07) is 12.5. The van der Waals surface area contributed by atoms with Gasteiger partial charge in [-0.25, -0.2) is 8.42 Å². The summed E-state index contributed by atoms with van der Waals surface area (Å²) in [6.45, 7) is 9.45. The predicted octanol–water partition coefficient (Wildman–Crippen LogP) is 6.88. The third-order valence-corrected chi connectivity index (χ3v) is 11.2. The summed E-state index contributed by atoms with van der Waals surface area (Å²) >= 11 is 0. The molecule has 1 fully saturated rings. The highest BCUT2D eigenvalue weighted by Gasteiger charge is 2.49. The third kappa shape index (κ3) is 6.58. The molecule has 1 spiro atoms. The molecule has 2 aromatic heterocycles. The number of carbonyl (C=O) groups excluding carboxylic acids is 2. The lowest BCUT2D eigenvalue weighted by Crippen LogP contribution is -2.40. The number of nitrogens with one attached hydrogen (secondary N) is 1. The Bertz CT molecular complexity index is 2060. The summed E-state index contributed by atoms with van der Waals surface area (Å²) in [5.41, 5.74) is 3.43. The first-order chi connectivity index (χ1) is 23.8. The average molecular weight is 701 g/mol. The van der Waals surface area contributed by atoms with Gasteiger partial charge in [0.25, 0.3) is 21.8 Å². The van der Waals surface area contributed by atoms with E-state index in [1.807, 2.05) is 23.1 Å². The van der Waals surface area contributed by atoms with Gasteiger partial charge in [0, 0.05) is 31.1 Å². The van der Waals surface area contributed by atoms with Gasteiger partial charge in [-0.1, -0.05) is 72.9 Å². The van der Waals surface area contributed by atoms with Crippen LogP contribution >= 0.6 is 0 Å². The molecule has 2 aromatic carbocycles. The van der Waals surface area contributed by atoms with Crippen molar-refractivity contribution in [1.82, 2.24) is 20.1 Å². The first-order valence-corrected chi connectivity index (χ1v) is 18.6. The Kier molecular flexibility index (Phi) is 9.71. The first-order valence-electron chi connectivity index (χ1n) is 17.1. The normalized spacial score (nSPS) is 15.6. The van der Waals surface area contributed by atoms with Crippen LogP contribution in [-0.4, -0.2) is 58.8 Å². The zero-order chi connectivity index (χ0) is 35.8. The molecule has 2 amide bonds. The number of nitrogens with zero attached hydrogens (tertiary/aromatic N) is 5. The van der Waals surface area contributed by atoms with E-state index in [9.17, 15) is 18.0 Å². The van der Waals surface area contributed by atoms with Gasteiger partial charge in [-0.15, -0.1) is 0 Å². The van der Waals surface area contributed by atoms with Crippen LogP contribution in [0.3, 0.4) is 0 Å². The van der Waals surface area contributed by atoms with Gasteiger partial charge < -0.3 is 13.9 Å². The molecule has 50 heavy (non-hydrogen) atoms. The van der Waals surface area contributed by atoms with Crippen molar-refractivity contribution in [3.8, 4) is 11.1 Å². The maximum absolute atomic E-state index is 13.9. The molecule has 1 saturated carbocycles. The van der Waals surface area contributed by atoms with E-state index >= 15 is 0 Å². The third-order valence-electron chi connectivity index (χ3n) is 9.85. The number of unbranched alkanes of at least 4 members (excludes halogenated alkanes) is 1. The van der Waals surface area contributed by atoms with Crippen LogP contribution in [0.2, 0.25) is 0 Å². The molecule has 12 nitrogen and oxygen atoms in total. The highest BCUT2D eigenvalue weighted by molar-refractivity contribution is 7.92. The molecule has 0 bridgehead atoms. The zero-order valence-electron chi connectivity index (χ0n) is 29.5. The Morgan fingerprint density at radius 3 is 2.38 bits per heavy atom. The second kappa shape index (κ2) is 13.9. The molecular formula is C37H44N6O6S. The van der Waals surface area contributed by atoms with Crippen LogP contribution in [0.4, 0.5) is 5.82 Å². The standard InChI is InChI=1S/C37H44N6O6S/c1-7-8-15-32-38-37(18-11-12-19-37)36(45)43(32)21-27-16-17-29(28(20-27)22-42(6)35(44)33-24(3)39-49-26(33)5)30-13-9-10-14-31(30)50(46,47)41-34-23(2)25(4)48-40-34/h9-10,13-14,16-17,20H,7-8,11-12,15,18-19,21-22H2,1-6H3,(H,40,41). The number of aromatic nitrogens is 2. The number of sulfonamides is 1. The second-order valence-electron chi connectivity index (χ2n) is 13.4. The average Bonchev–Trinajstić information content (AvgIpc) is 3.85. The number of amides is 2. The van der Waals surface area contributed by atoms with Crippen LogP contribution in [0, 0.1) is 27.7 Å². The van der Waals surface area contributed by atoms with Crippen molar-refractivity contribution in [2.45, 2.75) is 103 Å². The SMILES string of the molecule is CCCCC1=NC2(CCCC2)C(=O)N1Cc1ccc(-c2ccccc2S(=O)(=O)Nc2noc(C)c2C)c(CN(C)C(=O)c2c(C)noc2C)c1. The number of carbonyl (C=O) groups is 2. The number of aliphatic imine (C=N–C) groups is 1. The fraction of sp³-hybridized carbons (Fsp3) is 0.432. The van der Waals surface area contributed by atoms with Gasteiger partial charge >= 0.3 is 0 Å². The monoisotopic (exact) mass is 700 g/mol. The number of hydrogen-bond acceptors (Lipinski definition) is 9. The summed E-state index contributed by atoms with van der Waals surface area (Å²) < 4.78 is 40.8. The smallest absolute Gasteiger partial charge is 0.263 e. The highest BCUT2D eigenvalue weighted by Crippen LogP contribution is 2.40. The molecule has 264 valence electrons. The van der Waals surface area contributed by atoms with Crippen molar-refractivity contribution in [3.05, 3.63) is 81.9 Å². The Balaban J connectivity index is 1.40. The van der Waals surface area contributed by atoms with E-state index in [0.717, 1.165) is 56.3 Å². The lowest BCUT2D eigenvalue weighted by Gasteiger charge is -2.24. The number of anilines is 1. The summed E-state index contributed by atoms with van der Waals surface area (Å²) in [6.07, 6.45) is 6.16. The zero-order valence-corrected chi connectivity index (χ0v) is 30.3. The fourth-order valence-corrected chi connectivity index (χ4v) is 8.22. The number of rotatable bonds is 12. The maximum Gasteiger partial charge on any atom is 0.263 e. The molecule has 1 aliphatic carbocycles. The van der Waals surface area contributed by atoms with E-state index in [1.54, 1.807) is 57.8 Å². The number of hydrogen-bond donors (Lipinski definition) is 1. The van der Waals surface area contributed by atoms with E-state index in [-0.39, 0.29) is 29.1 Å². The lowest BCUT2D eigenvalue weighted by atomic mass is 9.95. The molecule has 0 radical (unpaired) electrons. The van der Waals surface area contributed by atoms with E-state index in [0.29, 0.717) is 51.6 Å². The Labute approximate surface area is 293 Å². The van der Waals surface area contributed by atoms with Crippen molar-refractivity contribution < 1.29 is 27.1 Å². The van der Waals surface area contributed by atoms with Gasteiger partial charge in [0.15, 0.2) is 5.82 Å². The van der Waals surface area contributed by atoms with Gasteiger partial charge in [0.05, 0.1) is 17.1 Å². The molecule has 0 saturated heterocycles. The summed E-state index contributed by atoms with van der Waals surface area (Å²) in [4.78, 5) is 36.1. The van der Waals surface area contributed by atoms with Crippen molar-refractivity contribution in [2.24, 2.45) is 4.99 Å². The van der Waals surface area contributed by atoms with Crippen LogP contribution in [0.1, 0.15) is 96.1 Å². The van der Waals surface area contributed by atoms with Gasteiger partial charge in [0.1, 0.15) is 28.5 Å². The number of aryl methyl sites for hydroxylation is 3. The van der Waals surface area contributed by atoms with E-state index < -0.39 is 15.6 Å². The van der Waals surface area contributed by atoms with Crippen molar-refractivity contribution in [1.29, 1.82) is 0 Å². The molecule has 4 aromatic rings. The molecule has 3 heterocycles. The maximum atomic E-state index is 13.9. The molecule has 2 aliphatic rings. The van der Waals surface area contributed by atoms with E-state index in [1.165, 1.54) is 6.07 Å². The van der Waals surface area contributed by atoms with E-state index in [4.69, 9.17) is 14.0 Å². The minimum Gasteiger partial charge on any atom is -0.361 e. The number of benzene rings is 2. The van der Waals surface area contributed by atoms with E-state index in [2.05, 4.69) is 22.0 Å². The molecule has 0 atom stereocenters. The van der Waals surface area contributed by atoms with Gasteiger partial charge in [-0.3, -0.25) is 24.2 Å². The molecule has 1 N–H and O–H groups in total. The quantitative estimate of drug-likeness (QED) is 0.168. The molecule has 6 rings (SSSR count). The van der Waals surface area contributed by atoms with Gasteiger partial charge in [-0.05, 0) is 69.7 Å². The van der Waals surface area contributed by atoms with Crippen LogP contribution in [0.25, 0.3) is 11.1 Å². The van der Waals surface area contributed by atoms with Crippen molar-refractivity contribution in [3.63, 3.8) is 0 Å². The molecular weight excluding hydrogens is 657 g/mol. The van der Waals surface area contributed by atoms with Crippen LogP contribution in [-0.2, 0) is 27.9 Å². The predicted molar refractivity (Wildman–Crippen MR) is 189 cm³/mol. The second-order valence-corrected chi connectivity index (χ2v) is 15.1. The first kappa shape index (κ1) is 35.1.